The van der Waals surface area contributed by atoms with Crippen molar-refractivity contribution >= 4 is 11.9 Å². The highest BCUT2D eigenvalue weighted by Gasteiger charge is 2.37. The van der Waals surface area contributed by atoms with Gasteiger partial charge in [-0.1, -0.05) is 29.0 Å². The van der Waals surface area contributed by atoms with Crippen LogP contribution in [0, 0.1) is 0 Å². The maximum absolute atomic E-state index is 13.0. The SMILES string of the molecule is COC(=O)c1cn([C@H]2C[C@@H](C(=O)NCc3ccc(OC)cc3)N(CC=C(C)C)C2)nn1. The molecule has 9 heteroatoms. The number of esters is 1. The van der Waals surface area contributed by atoms with Crippen LogP contribution in [0.25, 0.3) is 0 Å². The average Bonchev–Trinajstić information content (AvgIpc) is 3.43. The molecule has 0 unspecified atom stereocenters. The van der Waals surface area contributed by atoms with E-state index in [1.165, 1.54) is 12.7 Å². The molecule has 0 radical (unpaired) electrons. The zero-order chi connectivity index (χ0) is 22.4. The number of benzene rings is 1. The van der Waals surface area contributed by atoms with Gasteiger partial charge in [0.15, 0.2) is 5.69 Å². The largest absolute Gasteiger partial charge is 0.497 e. The van der Waals surface area contributed by atoms with Crippen LogP contribution in [0.15, 0.2) is 42.1 Å². The van der Waals surface area contributed by atoms with Gasteiger partial charge in [0.1, 0.15) is 5.75 Å². The number of nitrogens with zero attached hydrogens (tertiary/aromatic N) is 4. The number of allylic oxidation sites excluding steroid dienone is 1. The van der Waals surface area contributed by atoms with E-state index >= 15 is 0 Å². The highest BCUT2D eigenvalue weighted by atomic mass is 16.5. The molecular weight excluding hydrogens is 398 g/mol. The first-order chi connectivity index (χ1) is 14.9. The Kier molecular flexibility index (Phi) is 7.41. The lowest BCUT2D eigenvalue weighted by atomic mass is 10.1. The molecule has 1 amide bonds. The van der Waals surface area contributed by atoms with E-state index in [4.69, 9.17) is 9.47 Å². The molecule has 1 aromatic heterocycles. The summed E-state index contributed by atoms with van der Waals surface area (Å²) in [4.78, 5) is 26.8. The second-order valence-electron chi connectivity index (χ2n) is 7.78. The molecule has 0 saturated carbocycles. The van der Waals surface area contributed by atoms with E-state index in [0.29, 0.717) is 26.1 Å². The first-order valence-corrected chi connectivity index (χ1v) is 10.2. The number of amides is 1. The monoisotopic (exact) mass is 427 g/mol. The Labute approximate surface area is 182 Å². The van der Waals surface area contributed by atoms with Crippen LogP contribution in [0.5, 0.6) is 5.75 Å². The maximum atomic E-state index is 13.0. The first-order valence-electron chi connectivity index (χ1n) is 10.2. The maximum Gasteiger partial charge on any atom is 0.360 e. The van der Waals surface area contributed by atoms with Gasteiger partial charge in [0.05, 0.1) is 32.5 Å². The number of aromatic nitrogens is 3. The number of hydrogen-bond donors (Lipinski definition) is 1. The summed E-state index contributed by atoms with van der Waals surface area (Å²) in [5, 5.41) is 11.0. The number of nitrogens with one attached hydrogen (secondary N) is 1. The van der Waals surface area contributed by atoms with Crippen LogP contribution in [0.1, 0.15) is 42.4 Å². The molecule has 1 N–H and O–H groups in total. The third kappa shape index (κ3) is 5.69. The van der Waals surface area contributed by atoms with Crippen molar-refractivity contribution in [2.75, 3.05) is 27.3 Å². The van der Waals surface area contributed by atoms with Gasteiger partial charge < -0.3 is 14.8 Å². The number of rotatable bonds is 8. The molecule has 0 aliphatic carbocycles. The smallest absolute Gasteiger partial charge is 0.360 e. The number of methoxy groups -OCH3 is 2. The van der Waals surface area contributed by atoms with Crippen LogP contribution in [0.2, 0.25) is 0 Å². The standard InChI is InChI=1S/C22H29N5O4/c1-15(2)9-10-26-13-17(27-14-19(24-25-27)22(29)31-4)11-20(26)21(28)23-12-16-5-7-18(30-3)8-6-16/h5-9,14,17,20H,10-13H2,1-4H3,(H,23,28)/t17-,20-/m0/s1. The fraction of sp³-hybridized carbons (Fsp3) is 0.455. The molecule has 1 aliphatic rings. The first kappa shape index (κ1) is 22.5. The molecule has 166 valence electrons. The van der Waals surface area contributed by atoms with E-state index in [1.807, 2.05) is 38.1 Å². The van der Waals surface area contributed by atoms with Gasteiger partial charge in [0, 0.05) is 19.6 Å². The summed E-state index contributed by atoms with van der Waals surface area (Å²) in [6.45, 7) is 5.81. The lowest BCUT2D eigenvalue weighted by molar-refractivity contribution is -0.125. The number of likely N-dealkylation sites (tertiary alicyclic amines) is 1. The lowest BCUT2D eigenvalue weighted by Gasteiger charge is -2.22. The summed E-state index contributed by atoms with van der Waals surface area (Å²) >= 11 is 0. The number of ether oxygens (including phenoxy) is 2. The van der Waals surface area contributed by atoms with Crippen molar-refractivity contribution in [3.63, 3.8) is 0 Å². The molecule has 1 fully saturated rings. The molecule has 0 spiro atoms. The predicted octanol–water partition coefficient (Wildman–Crippen LogP) is 1.97. The Morgan fingerprint density at radius 1 is 1.23 bits per heavy atom. The Bertz CT molecular complexity index is 934. The van der Waals surface area contributed by atoms with Crippen LogP contribution < -0.4 is 10.1 Å². The summed E-state index contributed by atoms with van der Waals surface area (Å²) < 4.78 is 11.5. The normalized spacial score (nSPS) is 18.5. The molecular formula is C22H29N5O4. The minimum atomic E-state index is -0.528. The zero-order valence-electron chi connectivity index (χ0n) is 18.4. The van der Waals surface area contributed by atoms with Crippen LogP contribution in [-0.4, -0.2) is 65.1 Å². The number of hydrogen-bond acceptors (Lipinski definition) is 7. The molecule has 2 heterocycles. The van der Waals surface area contributed by atoms with Crippen LogP contribution in [0.4, 0.5) is 0 Å². The second kappa shape index (κ2) is 10.2. The molecule has 0 bridgehead atoms. The van der Waals surface area contributed by atoms with Gasteiger partial charge in [0.2, 0.25) is 5.91 Å². The van der Waals surface area contributed by atoms with E-state index in [2.05, 4.69) is 26.6 Å². The molecule has 1 aromatic carbocycles. The zero-order valence-corrected chi connectivity index (χ0v) is 18.4. The third-order valence-electron chi connectivity index (χ3n) is 5.32. The van der Waals surface area contributed by atoms with Gasteiger partial charge in [-0.3, -0.25) is 9.69 Å². The van der Waals surface area contributed by atoms with Crippen molar-refractivity contribution < 1.29 is 19.1 Å². The van der Waals surface area contributed by atoms with E-state index in [9.17, 15) is 9.59 Å². The Morgan fingerprint density at radius 3 is 2.61 bits per heavy atom. The number of carbonyl (C=O) groups is 2. The van der Waals surface area contributed by atoms with Gasteiger partial charge in [0.25, 0.3) is 0 Å². The minimum Gasteiger partial charge on any atom is -0.497 e. The van der Waals surface area contributed by atoms with Crippen molar-refractivity contribution in [2.24, 2.45) is 0 Å². The summed E-state index contributed by atoms with van der Waals surface area (Å²) in [5.41, 5.74) is 2.35. The summed E-state index contributed by atoms with van der Waals surface area (Å²) in [5.74, 6) is 0.217. The molecule has 1 aliphatic heterocycles. The van der Waals surface area contributed by atoms with Crippen molar-refractivity contribution in [3.8, 4) is 5.75 Å². The fourth-order valence-corrected chi connectivity index (χ4v) is 3.55. The van der Waals surface area contributed by atoms with E-state index in [0.717, 1.165) is 11.3 Å². The van der Waals surface area contributed by atoms with Crippen molar-refractivity contribution in [1.82, 2.24) is 25.2 Å². The van der Waals surface area contributed by atoms with Crippen LogP contribution in [-0.2, 0) is 16.1 Å². The van der Waals surface area contributed by atoms with Crippen molar-refractivity contribution in [2.45, 2.75) is 38.9 Å². The van der Waals surface area contributed by atoms with Gasteiger partial charge in [-0.05, 0) is 38.0 Å². The second-order valence-corrected chi connectivity index (χ2v) is 7.78. The van der Waals surface area contributed by atoms with E-state index in [-0.39, 0.29) is 23.7 Å². The van der Waals surface area contributed by atoms with Crippen LogP contribution >= 0.6 is 0 Å². The quantitative estimate of drug-likeness (QED) is 0.508. The molecule has 2 aromatic rings. The molecule has 31 heavy (non-hydrogen) atoms. The van der Waals surface area contributed by atoms with Crippen molar-refractivity contribution in [1.29, 1.82) is 0 Å². The topological polar surface area (TPSA) is 98.6 Å². The molecule has 2 atom stereocenters. The highest BCUT2D eigenvalue weighted by molar-refractivity contribution is 5.86. The van der Waals surface area contributed by atoms with Crippen molar-refractivity contribution in [3.05, 3.63) is 53.4 Å². The Morgan fingerprint density at radius 2 is 1.97 bits per heavy atom. The predicted molar refractivity (Wildman–Crippen MR) is 115 cm³/mol. The van der Waals surface area contributed by atoms with E-state index in [1.54, 1.807) is 18.0 Å². The lowest BCUT2D eigenvalue weighted by Crippen LogP contribution is -2.43. The molecule has 9 nitrogen and oxygen atoms in total. The number of carbonyl (C=O) groups excluding carboxylic acids is 2. The minimum absolute atomic E-state index is 0.0335. The third-order valence-corrected chi connectivity index (χ3v) is 5.32. The van der Waals surface area contributed by atoms with Gasteiger partial charge in [-0.15, -0.1) is 5.10 Å². The Hall–Kier alpha value is -3.20. The molecule has 3 rings (SSSR count). The highest BCUT2D eigenvalue weighted by Crippen LogP contribution is 2.27. The molecule has 1 saturated heterocycles. The summed E-state index contributed by atoms with van der Waals surface area (Å²) in [7, 11) is 2.93. The Balaban J connectivity index is 1.69. The van der Waals surface area contributed by atoms with E-state index < -0.39 is 5.97 Å². The van der Waals surface area contributed by atoms with Gasteiger partial charge >= 0.3 is 5.97 Å². The fourth-order valence-electron chi connectivity index (χ4n) is 3.55. The summed E-state index contributed by atoms with van der Waals surface area (Å²) in [6.07, 6.45) is 4.26. The summed E-state index contributed by atoms with van der Waals surface area (Å²) in [6, 6.07) is 7.25. The van der Waals surface area contributed by atoms with Gasteiger partial charge in [-0.2, -0.15) is 0 Å². The van der Waals surface area contributed by atoms with Gasteiger partial charge in [-0.25, -0.2) is 9.48 Å². The van der Waals surface area contributed by atoms with Crippen LogP contribution in [0.3, 0.4) is 0 Å². The average molecular weight is 428 g/mol.